The molecule has 0 spiro atoms. The van der Waals surface area contributed by atoms with E-state index in [0.717, 1.165) is 22.4 Å². The zero-order valence-corrected chi connectivity index (χ0v) is 15.9. The van der Waals surface area contributed by atoms with E-state index in [1.807, 2.05) is 35.2 Å². The lowest BCUT2D eigenvalue weighted by molar-refractivity contribution is -0.138. The van der Waals surface area contributed by atoms with Crippen molar-refractivity contribution < 1.29 is 14.6 Å². The van der Waals surface area contributed by atoms with Crippen molar-refractivity contribution in [1.82, 2.24) is 14.8 Å². The Balaban J connectivity index is 0.00000210. The van der Waals surface area contributed by atoms with Gasteiger partial charge in [-0.05, 0) is 30.3 Å². The number of carboxylic acid groups (broad SMARTS) is 1. The Morgan fingerprint density at radius 3 is 2.81 bits per heavy atom. The molecule has 3 heterocycles. The Labute approximate surface area is 166 Å². The number of nitrogens with zero attached hydrogens (tertiary/aromatic N) is 4. The number of halogens is 2. The molecule has 2 aromatic heterocycles. The number of anilines is 1. The molecule has 1 aliphatic heterocycles. The first-order valence-electron chi connectivity index (χ1n) is 8.28. The van der Waals surface area contributed by atoms with Crippen LogP contribution < -0.4 is 4.90 Å². The Kier molecular flexibility index (Phi) is 5.84. The number of rotatable bonds is 4. The van der Waals surface area contributed by atoms with Crippen molar-refractivity contribution in [2.75, 3.05) is 24.7 Å². The molecule has 0 bridgehead atoms. The van der Waals surface area contributed by atoms with Gasteiger partial charge in [0.05, 0.1) is 43.1 Å². The molecule has 0 amide bonds. The van der Waals surface area contributed by atoms with Crippen molar-refractivity contribution in [3.63, 3.8) is 0 Å². The highest BCUT2D eigenvalue weighted by atomic mass is 35.5. The van der Waals surface area contributed by atoms with Gasteiger partial charge in [0.2, 0.25) is 0 Å². The van der Waals surface area contributed by atoms with E-state index in [4.69, 9.17) is 21.4 Å². The number of hydrogen-bond acceptors (Lipinski definition) is 5. The normalized spacial score (nSPS) is 16.9. The van der Waals surface area contributed by atoms with Crippen LogP contribution in [0, 0.1) is 0 Å². The number of ether oxygens (including phenoxy) is 1. The van der Waals surface area contributed by atoms with Gasteiger partial charge in [-0.15, -0.1) is 17.5 Å². The van der Waals surface area contributed by atoms with Gasteiger partial charge in [0.25, 0.3) is 0 Å². The second-order valence-corrected chi connectivity index (χ2v) is 6.56. The molecule has 7 nitrogen and oxygen atoms in total. The van der Waals surface area contributed by atoms with Crippen LogP contribution in [0.5, 0.6) is 0 Å². The van der Waals surface area contributed by atoms with Crippen LogP contribution in [0.4, 0.5) is 5.82 Å². The molecule has 0 saturated carbocycles. The number of benzene rings is 1. The quantitative estimate of drug-likeness (QED) is 0.713. The van der Waals surface area contributed by atoms with Crippen LogP contribution in [0.1, 0.15) is 6.42 Å². The van der Waals surface area contributed by atoms with Crippen LogP contribution >= 0.6 is 24.0 Å². The minimum atomic E-state index is -0.853. The molecule has 1 aromatic carbocycles. The number of aromatic nitrogens is 3. The van der Waals surface area contributed by atoms with E-state index in [0.29, 0.717) is 24.8 Å². The number of carbonyl (C=O) groups is 1. The first-order valence-corrected chi connectivity index (χ1v) is 8.66. The number of fused-ring (bicyclic) bond motifs is 1. The van der Waals surface area contributed by atoms with Gasteiger partial charge >= 0.3 is 5.97 Å². The molecule has 0 radical (unpaired) electrons. The van der Waals surface area contributed by atoms with Crippen LogP contribution in [0.3, 0.4) is 0 Å². The van der Waals surface area contributed by atoms with Gasteiger partial charge in [0, 0.05) is 23.2 Å². The largest absolute Gasteiger partial charge is 0.481 e. The van der Waals surface area contributed by atoms with Crippen molar-refractivity contribution in [1.29, 1.82) is 0 Å². The highest BCUT2D eigenvalue weighted by Crippen LogP contribution is 2.31. The first-order chi connectivity index (χ1) is 12.6. The molecule has 27 heavy (non-hydrogen) atoms. The third-order valence-electron chi connectivity index (χ3n) is 4.44. The van der Waals surface area contributed by atoms with Crippen molar-refractivity contribution >= 4 is 46.7 Å². The highest BCUT2D eigenvalue weighted by molar-refractivity contribution is 6.30. The summed E-state index contributed by atoms with van der Waals surface area (Å²) >= 11 is 5.99. The molecular weight excluding hydrogens is 391 g/mol. The molecular formula is C18H18Cl2N4O3. The fourth-order valence-corrected chi connectivity index (χ4v) is 3.37. The maximum atomic E-state index is 11.2. The average molecular weight is 409 g/mol. The topological polar surface area (TPSA) is 80.5 Å². The molecule has 1 saturated heterocycles. The summed E-state index contributed by atoms with van der Waals surface area (Å²) in [6, 6.07) is 9.03. The fourth-order valence-electron chi connectivity index (χ4n) is 3.24. The summed E-state index contributed by atoms with van der Waals surface area (Å²) in [5, 5.41) is 15.6. The summed E-state index contributed by atoms with van der Waals surface area (Å²) in [5.41, 5.74) is 1.71. The number of pyridine rings is 1. The molecule has 1 unspecified atom stereocenters. The van der Waals surface area contributed by atoms with E-state index in [9.17, 15) is 9.90 Å². The monoisotopic (exact) mass is 408 g/mol. The van der Waals surface area contributed by atoms with E-state index in [2.05, 4.69) is 4.98 Å². The van der Waals surface area contributed by atoms with Gasteiger partial charge in [0.1, 0.15) is 0 Å². The molecule has 142 valence electrons. The highest BCUT2D eigenvalue weighted by Gasteiger charge is 2.29. The Bertz CT molecular complexity index is 945. The van der Waals surface area contributed by atoms with E-state index < -0.39 is 5.97 Å². The smallest absolute Gasteiger partial charge is 0.305 e. The van der Waals surface area contributed by atoms with E-state index >= 15 is 0 Å². The molecule has 0 aliphatic carbocycles. The van der Waals surface area contributed by atoms with E-state index in [1.165, 1.54) is 0 Å². The third-order valence-corrected chi connectivity index (χ3v) is 4.70. The molecule has 1 fully saturated rings. The number of carboxylic acids is 1. The Morgan fingerprint density at radius 1 is 1.30 bits per heavy atom. The van der Waals surface area contributed by atoms with Crippen molar-refractivity contribution in [2.24, 2.45) is 0 Å². The van der Waals surface area contributed by atoms with Crippen molar-refractivity contribution in [3.8, 4) is 5.69 Å². The molecule has 9 heteroatoms. The van der Waals surface area contributed by atoms with E-state index in [-0.39, 0.29) is 24.9 Å². The summed E-state index contributed by atoms with van der Waals surface area (Å²) in [6.07, 6.45) is 3.47. The van der Waals surface area contributed by atoms with Crippen LogP contribution in [0.15, 0.2) is 42.7 Å². The van der Waals surface area contributed by atoms with E-state index in [1.54, 1.807) is 17.1 Å². The SMILES string of the molecule is Cl.O=C(O)CC1COCCN1c1nn(-c2ccc(Cl)cc2)c2cnccc12. The molecule has 4 rings (SSSR count). The lowest BCUT2D eigenvalue weighted by Gasteiger charge is -2.35. The van der Waals surface area contributed by atoms with Gasteiger partial charge in [0.15, 0.2) is 5.82 Å². The van der Waals surface area contributed by atoms with Crippen LogP contribution in [-0.2, 0) is 9.53 Å². The Hall–Kier alpha value is -2.35. The van der Waals surface area contributed by atoms with Gasteiger partial charge in [-0.3, -0.25) is 9.78 Å². The first kappa shape index (κ1) is 19.4. The van der Waals surface area contributed by atoms with Crippen LogP contribution in [0.25, 0.3) is 16.6 Å². The summed E-state index contributed by atoms with van der Waals surface area (Å²) in [6.45, 7) is 1.50. The van der Waals surface area contributed by atoms with Crippen molar-refractivity contribution in [3.05, 3.63) is 47.7 Å². The van der Waals surface area contributed by atoms with Crippen LogP contribution in [-0.4, -0.2) is 51.6 Å². The lowest BCUT2D eigenvalue weighted by atomic mass is 10.1. The standard InChI is InChI=1S/C18H17ClN4O3.ClH/c19-12-1-3-13(4-2-12)23-16-10-20-6-5-15(16)18(21-23)22-7-8-26-11-14(22)9-17(24)25;/h1-6,10,14H,7-9,11H2,(H,24,25);1H. The summed E-state index contributed by atoms with van der Waals surface area (Å²) in [5.74, 6) is -0.111. The average Bonchev–Trinajstić information content (AvgIpc) is 3.02. The third kappa shape index (κ3) is 3.85. The second kappa shape index (κ2) is 8.12. The molecule has 1 atom stereocenters. The maximum Gasteiger partial charge on any atom is 0.305 e. The lowest BCUT2D eigenvalue weighted by Crippen LogP contribution is -2.47. The van der Waals surface area contributed by atoms with Gasteiger partial charge in [-0.2, -0.15) is 0 Å². The predicted molar refractivity (Wildman–Crippen MR) is 105 cm³/mol. The Morgan fingerprint density at radius 2 is 2.07 bits per heavy atom. The zero-order valence-electron chi connectivity index (χ0n) is 14.3. The minimum Gasteiger partial charge on any atom is -0.481 e. The van der Waals surface area contributed by atoms with Gasteiger partial charge in [-0.25, -0.2) is 4.68 Å². The number of hydrogen-bond donors (Lipinski definition) is 1. The maximum absolute atomic E-state index is 11.2. The van der Waals surface area contributed by atoms with Crippen molar-refractivity contribution in [2.45, 2.75) is 12.5 Å². The molecule has 1 aliphatic rings. The molecule has 1 N–H and O–H groups in total. The number of morpholine rings is 1. The minimum absolute atomic E-state index is 0. The summed E-state index contributed by atoms with van der Waals surface area (Å²) in [7, 11) is 0. The summed E-state index contributed by atoms with van der Waals surface area (Å²) in [4.78, 5) is 17.5. The zero-order chi connectivity index (χ0) is 18.1. The predicted octanol–water partition coefficient (Wildman–Crippen LogP) is 3.18. The summed E-state index contributed by atoms with van der Waals surface area (Å²) < 4.78 is 7.29. The van der Waals surface area contributed by atoms with Crippen LogP contribution in [0.2, 0.25) is 5.02 Å². The number of aliphatic carboxylic acids is 1. The fraction of sp³-hybridized carbons (Fsp3) is 0.278. The second-order valence-electron chi connectivity index (χ2n) is 6.12. The van der Waals surface area contributed by atoms with Gasteiger partial charge in [-0.1, -0.05) is 11.6 Å². The van der Waals surface area contributed by atoms with Gasteiger partial charge < -0.3 is 14.7 Å². The molecule has 3 aromatic rings.